The second kappa shape index (κ2) is 7.83. The Morgan fingerprint density at radius 1 is 1.10 bits per heavy atom. The van der Waals surface area contributed by atoms with Crippen LogP contribution in [0.3, 0.4) is 0 Å². The highest BCUT2D eigenvalue weighted by molar-refractivity contribution is 7.89. The van der Waals surface area contributed by atoms with Crippen LogP contribution in [0.1, 0.15) is 15.9 Å². The SMILES string of the molecule is Cc1ccc2c(c1)sc(=NC(=O)c1ccc(S(=O)(=O)N3CCOCC3)cc1)n2C. The Morgan fingerprint density at radius 2 is 1.79 bits per heavy atom. The third-order valence-corrected chi connectivity index (χ3v) is 7.88. The molecular weight excluding hydrogens is 410 g/mol. The maximum absolute atomic E-state index is 12.7. The molecule has 2 heterocycles. The molecule has 1 aromatic heterocycles. The van der Waals surface area contributed by atoms with E-state index in [0.29, 0.717) is 36.7 Å². The van der Waals surface area contributed by atoms with Gasteiger partial charge in [-0.05, 0) is 48.9 Å². The summed E-state index contributed by atoms with van der Waals surface area (Å²) in [5.41, 5.74) is 2.51. The van der Waals surface area contributed by atoms with Gasteiger partial charge in [-0.3, -0.25) is 4.79 Å². The fourth-order valence-electron chi connectivity index (χ4n) is 3.20. The Labute approximate surface area is 172 Å². The van der Waals surface area contributed by atoms with E-state index in [9.17, 15) is 13.2 Å². The number of aryl methyl sites for hydroxylation is 2. The number of fused-ring (bicyclic) bond motifs is 1. The van der Waals surface area contributed by atoms with Gasteiger partial charge in [0.05, 0.1) is 28.3 Å². The number of carbonyl (C=O) groups is 1. The molecule has 0 radical (unpaired) electrons. The van der Waals surface area contributed by atoms with Crippen molar-refractivity contribution in [2.45, 2.75) is 11.8 Å². The van der Waals surface area contributed by atoms with E-state index in [0.717, 1.165) is 15.8 Å². The molecule has 9 heteroatoms. The van der Waals surface area contributed by atoms with Gasteiger partial charge in [-0.2, -0.15) is 9.30 Å². The zero-order valence-corrected chi connectivity index (χ0v) is 17.8. The Morgan fingerprint density at radius 3 is 2.48 bits per heavy atom. The number of carbonyl (C=O) groups excluding carboxylic acids is 1. The largest absolute Gasteiger partial charge is 0.379 e. The molecule has 29 heavy (non-hydrogen) atoms. The molecule has 1 fully saturated rings. The number of aromatic nitrogens is 1. The van der Waals surface area contributed by atoms with Crippen molar-refractivity contribution >= 4 is 37.5 Å². The summed E-state index contributed by atoms with van der Waals surface area (Å²) in [4.78, 5) is 17.6. The zero-order chi connectivity index (χ0) is 20.6. The number of hydrogen-bond donors (Lipinski definition) is 0. The van der Waals surface area contributed by atoms with Crippen molar-refractivity contribution in [3.63, 3.8) is 0 Å². The zero-order valence-electron chi connectivity index (χ0n) is 16.2. The molecule has 152 valence electrons. The predicted octanol–water partition coefficient (Wildman–Crippen LogP) is 2.31. The van der Waals surface area contributed by atoms with Crippen LogP contribution in [0.5, 0.6) is 0 Å². The van der Waals surface area contributed by atoms with Crippen LogP contribution in [0.15, 0.2) is 52.4 Å². The predicted molar refractivity (Wildman–Crippen MR) is 111 cm³/mol. The fourth-order valence-corrected chi connectivity index (χ4v) is 5.73. The van der Waals surface area contributed by atoms with Gasteiger partial charge in [0.1, 0.15) is 0 Å². The van der Waals surface area contributed by atoms with Crippen LogP contribution in [0, 0.1) is 6.92 Å². The third-order valence-electron chi connectivity index (χ3n) is 4.87. The van der Waals surface area contributed by atoms with Crippen LogP contribution < -0.4 is 4.80 Å². The maximum atomic E-state index is 12.7. The van der Waals surface area contributed by atoms with Gasteiger partial charge in [0.15, 0.2) is 4.80 Å². The summed E-state index contributed by atoms with van der Waals surface area (Å²) in [7, 11) is -1.71. The van der Waals surface area contributed by atoms with Gasteiger partial charge < -0.3 is 9.30 Å². The van der Waals surface area contributed by atoms with E-state index < -0.39 is 15.9 Å². The summed E-state index contributed by atoms with van der Waals surface area (Å²) in [5, 5.41) is 0. The van der Waals surface area contributed by atoms with Crippen molar-refractivity contribution in [3.05, 3.63) is 58.4 Å². The summed E-state index contributed by atoms with van der Waals surface area (Å²) in [6, 6.07) is 12.0. The smallest absolute Gasteiger partial charge is 0.279 e. The second-order valence-electron chi connectivity index (χ2n) is 6.87. The van der Waals surface area contributed by atoms with E-state index in [-0.39, 0.29) is 4.90 Å². The Balaban J connectivity index is 1.62. The number of morpholine rings is 1. The molecular formula is C20H21N3O4S2. The van der Waals surface area contributed by atoms with Gasteiger partial charge in [-0.15, -0.1) is 0 Å². The van der Waals surface area contributed by atoms with Gasteiger partial charge in [0, 0.05) is 25.7 Å². The molecule has 1 aliphatic heterocycles. The van der Waals surface area contributed by atoms with Gasteiger partial charge in [-0.1, -0.05) is 17.4 Å². The first kappa shape index (κ1) is 20.0. The summed E-state index contributed by atoms with van der Waals surface area (Å²) in [6.45, 7) is 3.47. The van der Waals surface area contributed by atoms with E-state index in [2.05, 4.69) is 11.1 Å². The molecule has 2 aromatic carbocycles. The first-order valence-electron chi connectivity index (χ1n) is 9.19. The molecule has 0 bridgehead atoms. The molecule has 4 rings (SSSR count). The molecule has 3 aromatic rings. The minimum Gasteiger partial charge on any atom is -0.379 e. The van der Waals surface area contributed by atoms with E-state index >= 15 is 0 Å². The van der Waals surface area contributed by atoms with Crippen molar-refractivity contribution in [2.75, 3.05) is 26.3 Å². The average molecular weight is 432 g/mol. The van der Waals surface area contributed by atoms with Crippen LogP contribution in [-0.4, -0.2) is 49.5 Å². The number of rotatable bonds is 3. The minimum absolute atomic E-state index is 0.166. The van der Waals surface area contributed by atoms with E-state index in [1.807, 2.05) is 30.7 Å². The maximum Gasteiger partial charge on any atom is 0.279 e. The summed E-state index contributed by atoms with van der Waals surface area (Å²) < 4.78 is 34.9. The second-order valence-corrected chi connectivity index (χ2v) is 9.82. The van der Waals surface area contributed by atoms with Crippen molar-refractivity contribution in [2.24, 2.45) is 12.0 Å². The third kappa shape index (κ3) is 3.91. The van der Waals surface area contributed by atoms with Crippen molar-refractivity contribution in [3.8, 4) is 0 Å². The normalized spacial score (nSPS) is 16.4. The van der Waals surface area contributed by atoms with Gasteiger partial charge in [0.25, 0.3) is 5.91 Å². The number of benzene rings is 2. The van der Waals surface area contributed by atoms with Crippen LogP contribution in [0.4, 0.5) is 0 Å². The number of sulfonamides is 1. The van der Waals surface area contributed by atoms with Crippen LogP contribution >= 0.6 is 11.3 Å². The first-order chi connectivity index (χ1) is 13.9. The number of nitrogens with zero attached hydrogens (tertiary/aromatic N) is 3. The summed E-state index contributed by atoms with van der Waals surface area (Å²) >= 11 is 1.45. The highest BCUT2D eigenvalue weighted by Crippen LogP contribution is 2.19. The number of thiazole rings is 1. The van der Waals surface area contributed by atoms with Gasteiger partial charge in [0.2, 0.25) is 10.0 Å². The fraction of sp³-hybridized carbons (Fsp3) is 0.300. The first-order valence-corrected chi connectivity index (χ1v) is 11.4. The quantitative estimate of drug-likeness (QED) is 0.637. The van der Waals surface area contributed by atoms with Gasteiger partial charge in [-0.25, -0.2) is 8.42 Å². The van der Waals surface area contributed by atoms with Crippen LogP contribution in [0.25, 0.3) is 10.2 Å². The summed E-state index contributed by atoms with van der Waals surface area (Å²) in [6.07, 6.45) is 0. The lowest BCUT2D eigenvalue weighted by molar-refractivity contribution is 0.0730. The standard InChI is InChI=1S/C20H21N3O4S2/c1-14-3-8-17-18(13-14)28-20(22(17)2)21-19(24)15-4-6-16(7-5-15)29(25,26)23-9-11-27-12-10-23/h3-8,13H,9-12H2,1-2H3. The molecule has 0 N–H and O–H groups in total. The lowest BCUT2D eigenvalue weighted by atomic mass is 10.2. The molecule has 0 saturated carbocycles. The van der Waals surface area contributed by atoms with Gasteiger partial charge >= 0.3 is 0 Å². The molecule has 0 atom stereocenters. The van der Waals surface area contributed by atoms with Crippen molar-refractivity contribution in [1.82, 2.24) is 8.87 Å². The summed E-state index contributed by atoms with van der Waals surface area (Å²) in [5.74, 6) is -0.404. The molecule has 1 aliphatic rings. The lowest BCUT2D eigenvalue weighted by Crippen LogP contribution is -2.40. The minimum atomic E-state index is -3.58. The van der Waals surface area contributed by atoms with E-state index in [4.69, 9.17) is 4.74 Å². The molecule has 0 aliphatic carbocycles. The average Bonchev–Trinajstić information content (AvgIpc) is 3.03. The molecule has 0 spiro atoms. The van der Waals surface area contributed by atoms with Crippen LogP contribution in [0.2, 0.25) is 0 Å². The molecule has 7 nitrogen and oxygen atoms in total. The number of amides is 1. The van der Waals surface area contributed by atoms with Crippen LogP contribution in [-0.2, 0) is 21.8 Å². The molecule has 1 amide bonds. The lowest BCUT2D eigenvalue weighted by Gasteiger charge is -2.26. The highest BCUT2D eigenvalue weighted by Gasteiger charge is 2.26. The highest BCUT2D eigenvalue weighted by atomic mass is 32.2. The molecule has 0 unspecified atom stereocenters. The van der Waals surface area contributed by atoms with E-state index in [1.54, 1.807) is 0 Å². The Hall–Kier alpha value is -2.33. The van der Waals surface area contributed by atoms with E-state index in [1.165, 1.54) is 39.9 Å². The van der Waals surface area contributed by atoms with Crippen molar-refractivity contribution < 1.29 is 17.9 Å². The number of ether oxygens (including phenoxy) is 1. The monoisotopic (exact) mass is 431 g/mol. The van der Waals surface area contributed by atoms with Crippen molar-refractivity contribution in [1.29, 1.82) is 0 Å². The number of hydrogen-bond acceptors (Lipinski definition) is 5. The molecule has 1 saturated heterocycles. The Kier molecular flexibility index (Phi) is 5.39. The topological polar surface area (TPSA) is 81.0 Å². The Bertz CT molecular complexity index is 1230.